The second-order valence-corrected chi connectivity index (χ2v) is 8.21. The Morgan fingerprint density at radius 1 is 1.31 bits per heavy atom. The van der Waals surface area contributed by atoms with Gasteiger partial charge in [-0.25, -0.2) is 4.99 Å². The molecule has 2 amide bonds. The molecule has 0 saturated carbocycles. The second-order valence-electron chi connectivity index (χ2n) is 7.10. The van der Waals surface area contributed by atoms with Crippen molar-refractivity contribution in [3.63, 3.8) is 0 Å². The monoisotopic (exact) mass is 427 g/mol. The zero-order valence-electron chi connectivity index (χ0n) is 15.3. The van der Waals surface area contributed by atoms with E-state index in [1.807, 2.05) is 35.6 Å². The number of aliphatic imine (C=N–C) groups is 1. The molecule has 2 fully saturated rings. The van der Waals surface area contributed by atoms with E-state index in [4.69, 9.17) is 0 Å². The van der Waals surface area contributed by atoms with Gasteiger partial charge >= 0.3 is 6.18 Å². The number of hydrogen-bond donors (Lipinski definition) is 3. The number of thioether (sulfide) groups is 1. The van der Waals surface area contributed by atoms with Crippen molar-refractivity contribution >= 4 is 28.7 Å². The van der Waals surface area contributed by atoms with Crippen LogP contribution in [0.1, 0.15) is 18.4 Å². The van der Waals surface area contributed by atoms with Gasteiger partial charge in [-0.3, -0.25) is 14.9 Å². The van der Waals surface area contributed by atoms with Gasteiger partial charge in [-0.05, 0) is 18.4 Å². The van der Waals surface area contributed by atoms with Crippen molar-refractivity contribution in [1.82, 2.24) is 20.9 Å². The summed E-state index contributed by atoms with van der Waals surface area (Å²) >= 11 is 1.08. The molecule has 3 aliphatic heterocycles. The van der Waals surface area contributed by atoms with E-state index in [0.29, 0.717) is 24.7 Å². The Morgan fingerprint density at radius 3 is 2.79 bits per heavy atom. The molecule has 3 heterocycles. The highest BCUT2D eigenvalue weighted by Crippen LogP contribution is 2.35. The molecule has 3 unspecified atom stereocenters. The molecule has 3 aliphatic rings. The van der Waals surface area contributed by atoms with Gasteiger partial charge < -0.3 is 15.5 Å². The molecule has 0 aliphatic carbocycles. The largest absolute Gasteiger partial charge is 0.422 e. The Bertz CT molecular complexity index is 819. The molecular formula is C18H20F3N5O2S. The Labute approximate surface area is 169 Å². The first-order valence-electron chi connectivity index (χ1n) is 9.29. The number of alkyl halides is 3. The van der Waals surface area contributed by atoms with Gasteiger partial charge in [0.25, 0.3) is 0 Å². The number of benzene rings is 1. The van der Waals surface area contributed by atoms with Crippen LogP contribution in [0.4, 0.5) is 13.2 Å². The topological polar surface area (TPSA) is 85.8 Å². The highest BCUT2D eigenvalue weighted by atomic mass is 32.2. The van der Waals surface area contributed by atoms with Crippen LogP contribution in [0, 0.1) is 0 Å². The van der Waals surface area contributed by atoms with Crippen molar-refractivity contribution in [1.29, 1.82) is 0 Å². The number of carbonyl (C=O) groups is 2. The smallest absolute Gasteiger partial charge is 0.350 e. The summed E-state index contributed by atoms with van der Waals surface area (Å²) in [6, 6.07) is 8.11. The van der Waals surface area contributed by atoms with Gasteiger partial charge in [0, 0.05) is 13.1 Å². The number of amides is 2. The molecule has 4 rings (SSSR count). The van der Waals surface area contributed by atoms with Gasteiger partial charge in [-0.2, -0.15) is 13.2 Å². The summed E-state index contributed by atoms with van der Waals surface area (Å²) in [4.78, 5) is 30.9. The van der Waals surface area contributed by atoms with E-state index >= 15 is 0 Å². The molecule has 0 radical (unpaired) electrons. The fourth-order valence-corrected chi connectivity index (χ4v) is 4.91. The Hall–Kier alpha value is -2.27. The van der Waals surface area contributed by atoms with Crippen LogP contribution in [0.5, 0.6) is 0 Å². The quantitative estimate of drug-likeness (QED) is 0.675. The van der Waals surface area contributed by atoms with E-state index in [0.717, 1.165) is 23.7 Å². The summed E-state index contributed by atoms with van der Waals surface area (Å²) < 4.78 is 38.9. The van der Waals surface area contributed by atoms with E-state index in [2.05, 4.69) is 15.6 Å². The zero-order chi connectivity index (χ0) is 20.6. The van der Waals surface area contributed by atoms with Crippen molar-refractivity contribution in [2.75, 3.05) is 6.54 Å². The molecule has 11 heteroatoms. The molecule has 3 N–H and O–H groups in total. The number of halogens is 3. The summed E-state index contributed by atoms with van der Waals surface area (Å²) in [6.07, 6.45) is -5.29. The van der Waals surface area contributed by atoms with Crippen molar-refractivity contribution in [2.24, 2.45) is 4.99 Å². The maximum absolute atomic E-state index is 13.0. The van der Waals surface area contributed by atoms with Crippen molar-refractivity contribution in [3.8, 4) is 0 Å². The summed E-state index contributed by atoms with van der Waals surface area (Å²) in [7, 11) is 0. The zero-order valence-corrected chi connectivity index (χ0v) is 16.1. The third-order valence-electron chi connectivity index (χ3n) is 5.09. The molecule has 7 nitrogen and oxygen atoms in total. The number of fused-ring (bicyclic) bond motifs is 1. The molecule has 1 aromatic rings. The molecular weight excluding hydrogens is 407 g/mol. The van der Waals surface area contributed by atoms with Gasteiger partial charge in [0.1, 0.15) is 6.04 Å². The van der Waals surface area contributed by atoms with E-state index in [-0.39, 0.29) is 5.91 Å². The third-order valence-corrected chi connectivity index (χ3v) is 6.29. The lowest BCUT2D eigenvalue weighted by molar-refractivity contribution is -0.173. The molecule has 0 spiro atoms. The number of nitrogens with zero attached hydrogens (tertiary/aromatic N) is 2. The number of nitrogens with one attached hydrogen (secondary N) is 3. The standard InChI is InChI=1S/C18H20F3N5O2S/c19-18(20,21)16-24-14(28)12-15(25-16)29-17(23-12)26-8-4-7-11(26)13(27)22-9-10-5-2-1-3-6-10/h1-3,5-6,11-12,15-16,25H,4,7-9H2,(H,22,27)(H,24,28)/t11-,12?,15?,16?/m1/s1. The first-order chi connectivity index (χ1) is 13.8. The van der Waals surface area contributed by atoms with E-state index in [1.54, 1.807) is 4.90 Å². The van der Waals surface area contributed by atoms with Gasteiger partial charge in [0.2, 0.25) is 11.8 Å². The van der Waals surface area contributed by atoms with Crippen LogP contribution >= 0.6 is 11.8 Å². The SMILES string of the molecule is O=C1NC(C(F)(F)F)NC2SC(N3CCC[C@@H]3C(=O)NCc3ccccc3)=NC12. The lowest BCUT2D eigenvalue weighted by Gasteiger charge is -2.33. The highest BCUT2D eigenvalue weighted by molar-refractivity contribution is 8.14. The first-order valence-corrected chi connectivity index (χ1v) is 10.2. The molecule has 29 heavy (non-hydrogen) atoms. The number of hydrogen-bond acceptors (Lipinski definition) is 6. The average molecular weight is 427 g/mol. The van der Waals surface area contributed by atoms with Crippen LogP contribution in [-0.2, 0) is 16.1 Å². The molecule has 0 bridgehead atoms. The van der Waals surface area contributed by atoms with Gasteiger partial charge in [0.05, 0.1) is 5.37 Å². The minimum Gasteiger partial charge on any atom is -0.350 e. The fraction of sp³-hybridized carbons (Fsp3) is 0.500. The maximum Gasteiger partial charge on any atom is 0.422 e. The van der Waals surface area contributed by atoms with Gasteiger partial charge in [-0.1, -0.05) is 42.1 Å². The second kappa shape index (κ2) is 7.86. The lowest BCUT2D eigenvalue weighted by atomic mass is 10.2. The van der Waals surface area contributed by atoms with Gasteiger partial charge in [0.15, 0.2) is 17.4 Å². The third kappa shape index (κ3) is 4.20. The summed E-state index contributed by atoms with van der Waals surface area (Å²) in [6.45, 7) is 0.963. The number of amidine groups is 1. The number of carbonyl (C=O) groups excluding carboxylic acids is 2. The summed E-state index contributed by atoms with van der Waals surface area (Å²) in [5.41, 5.74) is 0.975. The first kappa shape index (κ1) is 20.0. The van der Waals surface area contributed by atoms with Crippen LogP contribution in [0.15, 0.2) is 35.3 Å². The van der Waals surface area contributed by atoms with E-state index in [9.17, 15) is 22.8 Å². The number of likely N-dealkylation sites (tertiary alicyclic amines) is 1. The van der Waals surface area contributed by atoms with E-state index < -0.39 is 35.7 Å². The van der Waals surface area contributed by atoms with Crippen LogP contribution in [0.2, 0.25) is 0 Å². The molecule has 0 aromatic heterocycles. The highest BCUT2D eigenvalue weighted by Gasteiger charge is 2.51. The molecule has 1 aromatic carbocycles. The predicted molar refractivity (Wildman–Crippen MR) is 102 cm³/mol. The molecule has 2 saturated heterocycles. The van der Waals surface area contributed by atoms with E-state index in [1.165, 1.54) is 0 Å². The maximum atomic E-state index is 13.0. The average Bonchev–Trinajstić information content (AvgIpc) is 3.33. The minimum absolute atomic E-state index is 0.157. The van der Waals surface area contributed by atoms with Crippen molar-refractivity contribution in [3.05, 3.63) is 35.9 Å². The van der Waals surface area contributed by atoms with Crippen LogP contribution in [-0.4, -0.2) is 58.2 Å². The van der Waals surface area contributed by atoms with Crippen molar-refractivity contribution < 1.29 is 22.8 Å². The Balaban J connectivity index is 1.41. The fourth-order valence-electron chi connectivity index (χ4n) is 3.64. The minimum atomic E-state index is -4.59. The Morgan fingerprint density at radius 2 is 2.07 bits per heavy atom. The lowest BCUT2D eigenvalue weighted by Crippen LogP contribution is -2.66. The Kier molecular flexibility index (Phi) is 5.43. The number of rotatable bonds is 3. The van der Waals surface area contributed by atoms with Crippen LogP contribution < -0.4 is 16.0 Å². The van der Waals surface area contributed by atoms with Gasteiger partial charge in [-0.15, -0.1) is 0 Å². The van der Waals surface area contributed by atoms with Crippen LogP contribution in [0.25, 0.3) is 0 Å². The van der Waals surface area contributed by atoms with Crippen molar-refractivity contribution in [2.45, 2.75) is 49.2 Å². The molecule has 4 atom stereocenters. The van der Waals surface area contributed by atoms with Crippen LogP contribution in [0.3, 0.4) is 0 Å². The normalized spacial score (nSPS) is 29.3. The summed E-state index contributed by atoms with van der Waals surface area (Å²) in [5, 5.41) is 6.84. The molecule has 156 valence electrons. The predicted octanol–water partition coefficient (Wildman–Crippen LogP) is 1.17. The summed E-state index contributed by atoms with van der Waals surface area (Å²) in [5.74, 6) is -0.919.